The molecule has 0 aromatic carbocycles. The first kappa shape index (κ1) is 18.6. The zero-order chi connectivity index (χ0) is 18.1. The van der Waals surface area contributed by atoms with Crippen LogP contribution >= 0.6 is 0 Å². The molecule has 1 fully saturated rings. The number of rotatable bonds is 4. The SMILES string of the molecule is CC(C)CCn1ccc(NC(=O)N2CCC(C(F)(F)F)C2(C)C)n1. The van der Waals surface area contributed by atoms with E-state index in [9.17, 15) is 18.0 Å². The number of nitrogens with one attached hydrogen (secondary N) is 1. The van der Waals surface area contributed by atoms with E-state index in [-0.39, 0.29) is 13.0 Å². The second-order valence-electron chi connectivity index (χ2n) is 7.26. The number of halogens is 3. The van der Waals surface area contributed by atoms with Crippen LogP contribution in [0.4, 0.5) is 23.8 Å². The zero-order valence-corrected chi connectivity index (χ0v) is 14.5. The van der Waals surface area contributed by atoms with Gasteiger partial charge in [0.2, 0.25) is 0 Å². The Kier molecular flexibility index (Phi) is 5.15. The summed E-state index contributed by atoms with van der Waals surface area (Å²) in [5.41, 5.74) is -1.28. The predicted molar refractivity (Wildman–Crippen MR) is 85.6 cm³/mol. The fraction of sp³-hybridized carbons (Fsp3) is 0.750. The van der Waals surface area contributed by atoms with E-state index in [1.54, 1.807) is 16.9 Å². The molecule has 8 heteroatoms. The molecule has 1 N–H and O–H groups in total. The van der Waals surface area contributed by atoms with Crippen LogP contribution in [0.5, 0.6) is 0 Å². The maximum absolute atomic E-state index is 13.1. The van der Waals surface area contributed by atoms with E-state index in [0.29, 0.717) is 11.7 Å². The number of carbonyl (C=O) groups excluding carboxylic acids is 1. The Morgan fingerprint density at radius 2 is 2.12 bits per heavy atom. The monoisotopic (exact) mass is 346 g/mol. The highest BCUT2D eigenvalue weighted by atomic mass is 19.4. The minimum absolute atomic E-state index is 0.0766. The van der Waals surface area contributed by atoms with Crippen LogP contribution in [0.25, 0.3) is 0 Å². The quantitative estimate of drug-likeness (QED) is 0.891. The molecule has 5 nitrogen and oxygen atoms in total. The van der Waals surface area contributed by atoms with E-state index in [1.807, 2.05) is 0 Å². The van der Waals surface area contributed by atoms with Gasteiger partial charge in [-0.2, -0.15) is 18.3 Å². The van der Waals surface area contributed by atoms with Crippen LogP contribution < -0.4 is 5.32 Å². The zero-order valence-electron chi connectivity index (χ0n) is 14.5. The summed E-state index contributed by atoms with van der Waals surface area (Å²) in [6, 6.07) is 1.11. The minimum Gasteiger partial charge on any atom is -0.319 e. The number of likely N-dealkylation sites (tertiary alicyclic amines) is 1. The number of anilines is 1. The Morgan fingerprint density at radius 1 is 1.46 bits per heavy atom. The molecule has 0 aliphatic carbocycles. The Labute approximate surface area is 140 Å². The largest absolute Gasteiger partial charge is 0.394 e. The van der Waals surface area contributed by atoms with Crippen LogP contribution in [0.3, 0.4) is 0 Å². The van der Waals surface area contributed by atoms with Gasteiger partial charge >= 0.3 is 12.2 Å². The Balaban J connectivity index is 2.00. The number of alkyl halides is 3. The molecule has 2 amide bonds. The third kappa shape index (κ3) is 4.02. The normalized spacial score (nSPS) is 20.7. The number of hydrogen-bond acceptors (Lipinski definition) is 2. The summed E-state index contributed by atoms with van der Waals surface area (Å²) in [5.74, 6) is -0.619. The number of aryl methyl sites for hydroxylation is 1. The lowest BCUT2D eigenvalue weighted by Gasteiger charge is -2.36. The molecule has 1 unspecified atom stereocenters. The van der Waals surface area contributed by atoms with Gasteiger partial charge in [0.05, 0.1) is 11.5 Å². The summed E-state index contributed by atoms with van der Waals surface area (Å²) < 4.78 is 41.0. The Morgan fingerprint density at radius 3 is 2.67 bits per heavy atom. The van der Waals surface area contributed by atoms with E-state index in [1.165, 1.54) is 18.7 Å². The number of amides is 2. The van der Waals surface area contributed by atoms with Crippen molar-refractivity contribution < 1.29 is 18.0 Å². The first-order valence-corrected chi connectivity index (χ1v) is 8.20. The van der Waals surface area contributed by atoms with Crippen molar-refractivity contribution in [1.29, 1.82) is 0 Å². The third-order valence-corrected chi connectivity index (χ3v) is 4.64. The molecule has 1 aliphatic rings. The summed E-state index contributed by atoms with van der Waals surface area (Å²) in [6.07, 6.45) is -1.67. The molecule has 24 heavy (non-hydrogen) atoms. The van der Waals surface area contributed by atoms with Crippen LogP contribution in [-0.2, 0) is 6.54 Å². The second kappa shape index (κ2) is 6.64. The summed E-state index contributed by atoms with van der Waals surface area (Å²) in [5, 5.41) is 6.85. The Bertz CT molecular complexity index is 580. The number of nitrogens with zero attached hydrogens (tertiary/aromatic N) is 3. The second-order valence-corrected chi connectivity index (χ2v) is 7.26. The van der Waals surface area contributed by atoms with Gasteiger partial charge in [-0.1, -0.05) is 13.8 Å². The highest BCUT2D eigenvalue weighted by molar-refractivity contribution is 5.89. The Hall–Kier alpha value is -1.73. The van der Waals surface area contributed by atoms with Gasteiger partial charge in [-0.3, -0.25) is 10.00 Å². The molecule has 0 saturated carbocycles. The molecule has 0 spiro atoms. The van der Waals surface area contributed by atoms with Crippen molar-refractivity contribution in [2.24, 2.45) is 11.8 Å². The van der Waals surface area contributed by atoms with Gasteiger partial charge in [0, 0.05) is 25.4 Å². The van der Waals surface area contributed by atoms with Crippen LogP contribution in [0, 0.1) is 11.8 Å². The molecule has 2 rings (SSSR count). The number of hydrogen-bond donors (Lipinski definition) is 1. The van der Waals surface area contributed by atoms with E-state index < -0.39 is 23.7 Å². The fourth-order valence-corrected chi connectivity index (χ4v) is 3.14. The lowest BCUT2D eigenvalue weighted by molar-refractivity contribution is -0.189. The first-order chi connectivity index (χ1) is 11.0. The summed E-state index contributed by atoms with van der Waals surface area (Å²) >= 11 is 0. The van der Waals surface area contributed by atoms with E-state index >= 15 is 0 Å². The van der Waals surface area contributed by atoms with Crippen molar-refractivity contribution in [2.75, 3.05) is 11.9 Å². The van der Waals surface area contributed by atoms with Gasteiger partial charge in [-0.25, -0.2) is 4.79 Å². The summed E-state index contributed by atoms with van der Waals surface area (Å²) in [6.45, 7) is 7.95. The standard InChI is InChI=1S/C16H25F3N4O/c1-11(2)5-8-22-9-7-13(21-22)20-14(24)23-10-6-12(15(23,3)4)16(17,18)19/h7,9,11-12H,5-6,8,10H2,1-4H3,(H,20,21,24). The van der Waals surface area contributed by atoms with Crippen LogP contribution in [-0.4, -0.2) is 39.0 Å². The van der Waals surface area contributed by atoms with E-state index in [0.717, 1.165) is 13.0 Å². The maximum atomic E-state index is 13.1. The van der Waals surface area contributed by atoms with Crippen molar-refractivity contribution in [1.82, 2.24) is 14.7 Å². The molecule has 136 valence electrons. The lowest BCUT2D eigenvalue weighted by atomic mass is 9.88. The summed E-state index contributed by atoms with van der Waals surface area (Å²) in [7, 11) is 0. The number of aromatic nitrogens is 2. The van der Waals surface area contributed by atoms with Gasteiger partial charge < -0.3 is 4.90 Å². The van der Waals surface area contributed by atoms with Gasteiger partial charge in [0.25, 0.3) is 0 Å². The van der Waals surface area contributed by atoms with Crippen molar-refractivity contribution in [3.63, 3.8) is 0 Å². The van der Waals surface area contributed by atoms with Crippen molar-refractivity contribution in [2.45, 2.75) is 58.8 Å². The molecule has 1 aromatic rings. The summed E-state index contributed by atoms with van der Waals surface area (Å²) in [4.78, 5) is 13.6. The van der Waals surface area contributed by atoms with Crippen LogP contribution in [0.2, 0.25) is 0 Å². The van der Waals surface area contributed by atoms with E-state index in [2.05, 4.69) is 24.3 Å². The molecular formula is C16H25F3N4O. The van der Waals surface area contributed by atoms with Gasteiger partial charge in [0.15, 0.2) is 5.82 Å². The van der Waals surface area contributed by atoms with Crippen LogP contribution in [0.15, 0.2) is 12.3 Å². The van der Waals surface area contributed by atoms with Crippen molar-refractivity contribution >= 4 is 11.8 Å². The van der Waals surface area contributed by atoms with Gasteiger partial charge in [-0.15, -0.1) is 0 Å². The topological polar surface area (TPSA) is 50.2 Å². The van der Waals surface area contributed by atoms with Crippen molar-refractivity contribution in [3.8, 4) is 0 Å². The minimum atomic E-state index is -4.31. The molecule has 0 bridgehead atoms. The molecule has 1 aliphatic heterocycles. The molecular weight excluding hydrogens is 321 g/mol. The molecule has 1 aromatic heterocycles. The first-order valence-electron chi connectivity index (χ1n) is 8.20. The fourth-order valence-electron chi connectivity index (χ4n) is 3.14. The van der Waals surface area contributed by atoms with Gasteiger partial charge in [0.1, 0.15) is 0 Å². The smallest absolute Gasteiger partial charge is 0.319 e. The highest BCUT2D eigenvalue weighted by Gasteiger charge is 2.56. The molecule has 2 heterocycles. The average molecular weight is 346 g/mol. The van der Waals surface area contributed by atoms with Gasteiger partial charge in [-0.05, 0) is 32.6 Å². The number of urea groups is 1. The van der Waals surface area contributed by atoms with E-state index in [4.69, 9.17) is 0 Å². The predicted octanol–water partition coefficient (Wildman–Crippen LogP) is 4.12. The molecule has 0 radical (unpaired) electrons. The molecule has 1 atom stereocenters. The molecule has 1 saturated heterocycles. The number of carbonyl (C=O) groups is 1. The third-order valence-electron chi connectivity index (χ3n) is 4.64. The average Bonchev–Trinajstić information content (AvgIpc) is 2.99. The highest BCUT2D eigenvalue weighted by Crippen LogP contribution is 2.44. The van der Waals surface area contributed by atoms with Crippen LogP contribution in [0.1, 0.15) is 40.5 Å². The lowest BCUT2D eigenvalue weighted by Crippen LogP contribution is -2.51. The maximum Gasteiger partial charge on any atom is 0.394 e. The van der Waals surface area contributed by atoms with Crippen molar-refractivity contribution in [3.05, 3.63) is 12.3 Å².